The van der Waals surface area contributed by atoms with Crippen molar-refractivity contribution in [3.05, 3.63) is 77.3 Å². The fraction of sp³-hybridized carbons (Fsp3) is 0.250. The number of aromatic nitrogens is 1. The number of hydrogen-bond donors (Lipinski definition) is 1. The van der Waals surface area contributed by atoms with E-state index in [9.17, 15) is 4.79 Å². The second kappa shape index (κ2) is 11.2. The molecular weight excluding hydrogens is 380 g/mol. The Labute approximate surface area is 176 Å². The van der Waals surface area contributed by atoms with Gasteiger partial charge in [-0.1, -0.05) is 62.2 Å². The van der Waals surface area contributed by atoms with E-state index in [1.165, 1.54) is 12.8 Å². The molecule has 0 aliphatic rings. The lowest BCUT2D eigenvalue weighted by molar-refractivity contribution is -0.116. The maximum absolute atomic E-state index is 12.1. The van der Waals surface area contributed by atoms with Crippen molar-refractivity contribution in [2.75, 3.05) is 6.61 Å². The van der Waals surface area contributed by atoms with Gasteiger partial charge in [-0.25, -0.2) is 4.98 Å². The molecule has 0 saturated heterocycles. The van der Waals surface area contributed by atoms with Crippen molar-refractivity contribution in [2.24, 2.45) is 0 Å². The van der Waals surface area contributed by atoms with Crippen molar-refractivity contribution in [3.63, 3.8) is 0 Å². The minimum Gasteiger partial charge on any atom is -0.494 e. The summed E-state index contributed by atoms with van der Waals surface area (Å²) in [6, 6.07) is 17.8. The van der Waals surface area contributed by atoms with Gasteiger partial charge < -0.3 is 10.1 Å². The number of rotatable bonds is 10. The number of thiazole rings is 1. The minimum absolute atomic E-state index is 0.140. The fourth-order valence-electron chi connectivity index (χ4n) is 2.73. The maximum atomic E-state index is 12.1. The number of nitrogens with one attached hydrogen (secondary N) is 1. The van der Waals surface area contributed by atoms with Gasteiger partial charge in [0.15, 0.2) is 0 Å². The molecule has 0 spiro atoms. The minimum atomic E-state index is -0.140. The zero-order chi connectivity index (χ0) is 20.3. The molecule has 0 aliphatic carbocycles. The van der Waals surface area contributed by atoms with E-state index in [4.69, 9.17) is 4.74 Å². The third-order valence-corrected chi connectivity index (χ3v) is 5.28. The second-order valence-corrected chi connectivity index (χ2v) is 7.54. The number of unbranched alkanes of at least 4 members (excludes halogenated alkanes) is 2. The normalized spacial score (nSPS) is 10.9. The average Bonchev–Trinajstić information content (AvgIpc) is 3.24. The lowest BCUT2D eigenvalue weighted by atomic mass is 10.2. The monoisotopic (exact) mass is 406 g/mol. The van der Waals surface area contributed by atoms with Gasteiger partial charge in [0.25, 0.3) is 0 Å². The van der Waals surface area contributed by atoms with Crippen molar-refractivity contribution >= 4 is 23.3 Å². The van der Waals surface area contributed by atoms with Gasteiger partial charge in [-0.3, -0.25) is 4.79 Å². The number of hydrogen-bond acceptors (Lipinski definition) is 4. The maximum Gasteiger partial charge on any atom is 0.244 e. The largest absolute Gasteiger partial charge is 0.494 e. The molecule has 4 nitrogen and oxygen atoms in total. The Bertz CT molecular complexity index is 918. The van der Waals surface area contributed by atoms with Crippen LogP contribution in [0.2, 0.25) is 0 Å². The lowest BCUT2D eigenvalue weighted by Crippen LogP contribution is -2.20. The first-order chi connectivity index (χ1) is 14.2. The van der Waals surface area contributed by atoms with Gasteiger partial charge in [-0.2, -0.15) is 0 Å². The summed E-state index contributed by atoms with van der Waals surface area (Å²) in [6.45, 7) is 3.33. The highest BCUT2D eigenvalue weighted by Gasteiger charge is 2.05. The molecule has 1 N–H and O–H groups in total. The summed E-state index contributed by atoms with van der Waals surface area (Å²) in [5.74, 6) is 0.722. The van der Waals surface area contributed by atoms with E-state index in [1.807, 2.05) is 60.0 Å². The molecule has 2 aromatic carbocycles. The van der Waals surface area contributed by atoms with Crippen molar-refractivity contribution in [1.82, 2.24) is 10.3 Å². The molecular formula is C24H26N2O2S. The molecule has 1 heterocycles. The topological polar surface area (TPSA) is 51.2 Å². The molecule has 0 unspecified atom stereocenters. The first kappa shape index (κ1) is 20.8. The second-order valence-electron chi connectivity index (χ2n) is 6.69. The SMILES string of the molecule is CCCCCOc1ccc(/C=C/C(=O)NCc2csc(-c3ccccc3)n2)cc1. The van der Waals surface area contributed by atoms with Gasteiger partial charge in [-0.15, -0.1) is 11.3 Å². The number of ether oxygens (including phenoxy) is 1. The third kappa shape index (κ3) is 6.88. The Morgan fingerprint density at radius 3 is 2.66 bits per heavy atom. The zero-order valence-electron chi connectivity index (χ0n) is 16.6. The summed E-state index contributed by atoms with van der Waals surface area (Å²) in [5.41, 5.74) is 2.91. The van der Waals surface area contributed by atoms with E-state index >= 15 is 0 Å². The van der Waals surface area contributed by atoms with Crippen LogP contribution in [-0.2, 0) is 11.3 Å². The summed E-state index contributed by atoms with van der Waals surface area (Å²) in [6.07, 6.45) is 6.79. The van der Waals surface area contributed by atoms with E-state index in [2.05, 4.69) is 17.2 Å². The molecule has 1 aromatic heterocycles. The van der Waals surface area contributed by atoms with Crippen LogP contribution >= 0.6 is 11.3 Å². The van der Waals surface area contributed by atoms with Crippen LogP contribution in [0.5, 0.6) is 5.75 Å². The molecule has 150 valence electrons. The van der Waals surface area contributed by atoms with E-state index < -0.39 is 0 Å². The molecule has 0 radical (unpaired) electrons. The molecule has 0 atom stereocenters. The summed E-state index contributed by atoms with van der Waals surface area (Å²) >= 11 is 1.58. The molecule has 3 rings (SSSR count). The van der Waals surface area contributed by atoms with Gasteiger partial charge >= 0.3 is 0 Å². The van der Waals surface area contributed by atoms with Gasteiger partial charge in [0.05, 0.1) is 18.8 Å². The molecule has 5 heteroatoms. The van der Waals surface area contributed by atoms with Crippen LogP contribution < -0.4 is 10.1 Å². The number of benzene rings is 2. The Morgan fingerprint density at radius 2 is 1.90 bits per heavy atom. The van der Waals surface area contributed by atoms with Crippen molar-refractivity contribution < 1.29 is 9.53 Å². The summed E-state index contributed by atoms with van der Waals surface area (Å²) in [5, 5.41) is 5.82. The van der Waals surface area contributed by atoms with E-state index in [0.29, 0.717) is 6.54 Å². The number of amides is 1. The predicted octanol–water partition coefficient (Wildman–Crippen LogP) is 5.71. The van der Waals surface area contributed by atoms with Gasteiger partial charge in [-0.05, 0) is 30.2 Å². The lowest BCUT2D eigenvalue weighted by Gasteiger charge is -2.05. The first-order valence-electron chi connectivity index (χ1n) is 9.93. The zero-order valence-corrected chi connectivity index (χ0v) is 17.5. The van der Waals surface area contributed by atoms with Crippen LogP contribution in [0.3, 0.4) is 0 Å². The highest BCUT2D eigenvalue weighted by atomic mass is 32.1. The Kier molecular flexibility index (Phi) is 8.01. The van der Waals surface area contributed by atoms with Crippen LogP contribution in [0, 0.1) is 0 Å². The van der Waals surface area contributed by atoms with Crippen LogP contribution in [0.1, 0.15) is 37.4 Å². The Balaban J connectivity index is 1.44. The molecule has 0 fully saturated rings. The number of nitrogens with zero attached hydrogens (tertiary/aromatic N) is 1. The van der Waals surface area contributed by atoms with Crippen LogP contribution in [-0.4, -0.2) is 17.5 Å². The predicted molar refractivity (Wildman–Crippen MR) is 120 cm³/mol. The molecule has 0 aliphatic heterocycles. The van der Waals surface area contributed by atoms with E-state index in [1.54, 1.807) is 23.5 Å². The highest BCUT2D eigenvalue weighted by molar-refractivity contribution is 7.13. The third-order valence-electron chi connectivity index (χ3n) is 4.34. The van der Waals surface area contributed by atoms with Crippen molar-refractivity contribution in [3.8, 4) is 16.3 Å². The smallest absolute Gasteiger partial charge is 0.244 e. The Morgan fingerprint density at radius 1 is 1.10 bits per heavy atom. The van der Waals surface area contributed by atoms with Crippen LogP contribution in [0.4, 0.5) is 0 Å². The summed E-state index contributed by atoms with van der Waals surface area (Å²) in [7, 11) is 0. The van der Waals surface area contributed by atoms with Crippen molar-refractivity contribution in [2.45, 2.75) is 32.7 Å². The molecule has 0 bridgehead atoms. The molecule has 29 heavy (non-hydrogen) atoms. The average molecular weight is 407 g/mol. The standard InChI is InChI=1S/C24H26N2O2S/c1-2-3-7-16-28-22-13-10-19(11-14-22)12-15-23(27)25-17-21-18-29-24(26-21)20-8-5-4-6-9-20/h4-6,8-15,18H,2-3,7,16-17H2,1H3,(H,25,27)/b15-12+. The molecule has 1 amide bonds. The number of carbonyl (C=O) groups is 1. The van der Waals surface area contributed by atoms with Gasteiger partial charge in [0.1, 0.15) is 10.8 Å². The Hall–Kier alpha value is -2.92. The highest BCUT2D eigenvalue weighted by Crippen LogP contribution is 2.23. The first-order valence-corrected chi connectivity index (χ1v) is 10.8. The van der Waals surface area contributed by atoms with Crippen molar-refractivity contribution in [1.29, 1.82) is 0 Å². The fourth-order valence-corrected chi connectivity index (χ4v) is 3.55. The summed E-state index contributed by atoms with van der Waals surface area (Å²) in [4.78, 5) is 16.7. The quantitative estimate of drug-likeness (QED) is 0.347. The molecule has 3 aromatic rings. The van der Waals surface area contributed by atoms with Crippen LogP contribution in [0.15, 0.2) is 66.1 Å². The van der Waals surface area contributed by atoms with Gasteiger partial charge in [0, 0.05) is 17.0 Å². The van der Waals surface area contributed by atoms with E-state index in [0.717, 1.165) is 40.6 Å². The van der Waals surface area contributed by atoms with Crippen LogP contribution in [0.25, 0.3) is 16.6 Å². The summed E-state index contributed by atoms with van der Waals surface area (Å²) < 4.78 is 5.70. The van der Waals surface area contributed by atoms with E-state index in [-0.39, 0.29) is 5.91 Å². The number of carbonyl (C=O) groups excluding carboxylic acids is 1. The molecule has 0 saturated carbocycles. The van der Waals surface area contributed by atoms with Gasteiger partial charge in [0.2, 0.25) is 5.91 Å².